The van der Waals surface area contributed by atoms with Crippen molar-refractivity contribution in [3.63, 3.8) is 0 Å². The van der Waals surface area contributed by atoms with E-state index >= 15 is 0 Å². The highest BCUT2D eigenvalue weighted by atomic mass is 15.2. The molecule has 1 fully saturated rings. The minimum atomic E-state index is -0.0515. The van der Waals surface area contributed by atoms with Gasteiger partial charge in [-0.25, -0.2) is 0 Å². The van der Waals surface area contributed by atoms with Gasteiger partial charge >= 0.3 is 0 Å². The molecule has 2 aliphatic rings. The number of aliphatic imine (C=N–C) groups is 1. The predicted octanol–water partition coefficient (Wildman–Crippen LogP) is 1.83. The van der Waals surface area contributed by atoms with Crippen LogP contribution < -0.4 is 5.32 Å². The SMILES string of the molecule is CC1(C)C=CN=CC(C)(N2CCNCC2)C=C1. The first kappa shape index (κ1) is 12.5. The quantitative estimate of drug-likeness (QED) is 0.700. The van der Waals surface area contributed by atoms with Crippen molar-refractivity contribution in [1.82, 2.24) is 10.2 Å². The fourth-order valence-corrected chi connectivity index (χ4v) is 2.24. The normalized spacial score (nSPS) is 33.4. The van der Waals surface area contributed by atoms with Crippen LogP contribution in [0, 0.1) is 5.41 Å². The average Bonchev–Trinajstić information content (AvgIpc) is 2.32. The number of allylic oxidation sites excluding steroid dienone is 2. The Hall–Kier alpha value is -0.930. The number of rotatable bonds is 1. The molecule has 3 nitrogen and oxygen atoms in total. The summed E-state index contributed by atoms with van der Waals surface area (Å²) in [5, 5.41) is 3.39. The molecule has 0 aliphatic carbocycles. The highest BCUT2D eigenvalue weighted by Crippen LogP contribution is 2.25. The van der Waals surface area contributed by atoms with Crippen molar-refractivity contribution in [2.45, 2.75) is 26.3 Å². The van der Waals surface area contributed by atoms with Crippen molar-refractivity contribution in [3.05, 3.63) is 24.4 Å². The molecule has 1 saturated heterocycles. The van der Waals surface area contributed by atoms with Crippen LogP contribution in [-0.4, -0.2) is 42.8 Å². The first-order valence-electron chi connectivity index (χ1n) is 6.40. The van der Waals surface area contributed by atoms with Crippen LogP contribution in [0.15, 0.2) is 29.4 Å². The lowest BCUT2D eigenvalue weighted by Crippen LogP contribution is -2.55. The van der Waals surface area contributed by atoms with Gasteiger partial charge in [0.2, 0.25) is 0 Å². The Balaban J connectivity index is 2.23. The van der Waals surface area contributed by atoms with E-state index in [4.69, 9.17) is 0 Å². The molecule has 1 atom stereocenters. The van der Waals surface area contributed by atoms with Gasteiger partial charge in [0.1, 0.15) is 0 Å². The maximum atomic E-state index is 4.44. The second-order valence-electron chi connectivity index (χ2n) is 5.71. The molecule has 0 radical (unpaired) electrons. The summed E-state index contributed by atoms with van der Waals surface area (Å²) in [6.07, 6.45) is 10.7. The molecule has 0 amide bonds. The molecule has 0 saturated carbocycles. The first-order valence-corrected chi connectivity index (χ1v) is 6.40. The maximum absolute atomic E-state index is 4.44. The molecule has 0 bridgehead atoms. The van der Waals surface area contributed by atoms with E-state index in [2.05, 4.69) is 60.4 Å². The Morgan fingerprint density at radius 3 is 2.47 bits per heavy atom. The third-order valence-electron chi connectivity index (χ3n) is 3.57. The van der Waals surface area contributed by atoms with Crippen LogP contribution >= 0.6 is 0 Å². The van der Waals surface area contributed by atoms with Crippen molar-refractivity contribution >= 4 is 6.21 Å². The summed E-state index contributed by atoms with van der Waals surface area (Å²) in [5.74, 6) is 0. The number of hydrogen-bond donors (Lipinski definition) is 1. The highest BCUT2D eigenvalue weighted by molar-refractivity contribution is 5.73. The fourth-order valence-electron chi connectivity index (χ4n) is 2.24. The first-order chi connectivity index (χ1) is 8.02. The Morgan fingerprint density at radius 2 is 1.76 bits per heavy atom. The van der Waals surface area contributed by atoms with Gasteiger partial charge in [0.15, 0.2) is 0 Å². The number of nitrogens with one attached hydrogen (secondary N) is 1. The van der Waals surface area contributed by atoms with Gasteiger partial charge < -0.3 is 5.32 Å². The topological polar surface area (TPSA) is 27.6 Å². The van der Waals surface area contributed by atoms with Gasteiger partial charge in [-0.1, -0.05) is 32.1 Å². The minimum Gasteiger partial charge on any atom is -0.314 e. The lowest BCUT2D eigenvalue weighted by atomic mass is 9.88. The highest BCUT2D eigenvalue weighted by Gasteiger charge is 2.29. The fraction of sp³-hybridized carbons (Fsp3) is 0.643. The Bertz CT molecular complexity index is 348. The van der Waals surface area contributed by atoms with Gasteiger partial charge in [-0.15, -0.1) is 0 Å². The van der Waals surface area contributed by atoms with Crippen molar-refractivity contribution < 1.29 is 0 Å². The van der Waals surface area contributed by atoms with Crippen molar-refractivity contribution in [1.29, 1.82) is 0 Å². The lowest BCUT2D eigenvalue weighted by Gasteiger charge is -2.40. The minimum absolute atomic E-state index is 0.0515. The molecule has 3 heteroatoms. The molecule has 1 N–H and O–H groups in total. The van der Waals surface area contributed by atoms with Gasteiger partial charge in [-0.05, 0) is 6.92 Å². The summed E-state index contributed by atoms with van der Waals surface area (Å²) in [6.45, 7) is 11.0. The third-order valence-corrected chi connectivity index (χ3v) is 3.57. The standard InChI is InChI=1S/C14H23N3/c1-13(2)4-5-14(3,12-16-7-6-13)17-10-8-15-9-11-17/h4-7,12,15H,8-11H2,1-3H3. The zero-order valence-electron chi connectivity index (χ0n) is 11.1. The smallest absolute Gasteiger partial charge is 0.0721 e. The Morgan fingerprint density at radius 1 is 1.06 bits per heavy atom. The number of hydrogen-bond acceptors (Lipinski definition) is 3. The van der Waals surface area contributed by atoms with Crippen molar-refractivity contribution in [3.8, 4) is 0 Å². The molecule has 17 heavy (non-hydrogen) atoms. The summed E-state index contributed by atoms with van der Waals surface area (Å²) in [6, 6.07) is 0. The zero-order valence-corrected chi connectivity index (χ0v) is 11.1. The second kappa shape index (κ2) is 4.75. The van der Waals surface area contributed by atoms with E-state index in [-0.39, 0.29) is 11.0 Å². The molecule has 2 heterocycles. The molecule has 0 aromatic carbocycles. The largest absolute Gasteiger partial charge is 0.314 e. The summed E-state index contributed by atoms with van der Waals surface area (Å²) < 4.78 is 0. The summed E-state index contributed by atoms with van der Waals surface area (Å²) >= 11 is 0. The summed E-state index contributed by atoms with van der Waals surface area (Å²) in [5.41, 5.74) is 0.0389. The lowest BCUT2D eigenvalue weighted by molar-refractivity contribution is 0.178. The Labute approximate surface area is 104 Å². The van der Waals surface area contributed by atoms with E-state index in [0.717, 1.165) is 26.2 Å². The van der Waals surface area contributed by atoms with E-state index in [1.54, 1.807) is 0 Å². The number of nitrogens with zero attached hydrogens (tertiary/aromatic N) is 2. The molecule has 94 valence electrons. The molecule has 0 aromatic heterocycles. The van der Waals surface area contributed by atoms with E-state index < -0.39 is 0 Å². The van der Waals surface area contributed by atoms with Gasteiger partial charge in [-0.3, -0.25) is 9.89 Å². The van der Waals surface area contributed by atoms with Crippen LogP contribution in [0.4, 0.5) is 0 Å². The van der Waals surface area contributed by atoms with Crippen LogP contribution in [0.2, 0.25) is 0 Å². The molecule has 1 unspecified atom stereocenters. The maximum Gasteiger partial charge on any atom is 0.0721 e. The van der Waals surface area contributed by atoms with E-state index in [0.29, 0.717) is 0 Å². The predicted molar refractivity (Wildman–Crippen MR) is 73.4 cm³/mol. The molecular weight excluding hydrogens is 210 g/mol. The van der Waals surface area contributed by atoms with Crippen LogP contribution in [0.5, 0.6) is 0 Å². The number of piperazine rings is 1. The van der Waals surface area contributed by atoms with E-state index in [9.17, 15) is 0 Å². The van der Waals surface area contributed by atoms with E-state index in [1.165, 1.54) is 0 Å². The van der Waals surface area contributed by atoms with Gasteiger partial charge in [0.25, 0.3) is 0 Å². The van der Waals surface area contributed by atoms with Gasteiger partial charge in [-0.2, -0.15) is 0 Å². The second-order valence-corrected chi connectivity index (χ2v) is 5.71. The van der Waals surface area contributed by atoms with E-state index in [1.807, 2.05) is 6.20 Å². The van der Waals surface area contributed by atoms with Crippen molar-refractivity contribution in [2.24, 2.45) is 10.4 Å². The Kier molecular flexibility index (Phi) is 3.50. The van der Waals surface area contributed by atoms with Crippen LogP contribution in [0.3, 0.4) is 0 Å². The van der Waals surface area contributed by atoms with Crippen LogP contribution in [0.1, 0.15) is 20.8 Å². The molecule has 0 aromatic rings. The van der Waals surface area contributed by atoms with Gasteiger partial charge in [0.05, 0.1) is 5.54 Å². The van der Waals surface area contributed by atoms with Crippen molar-refractivity contribution in [2.75, 3.05) is 26.2 Å². The van der Waals surface area contributed by atoms with Crippen LogP contribution in [-0.2, 0) is 0 Å². The van der Waals surface area contributed by atoms with Gasteiger partial charge in [0, 0.05) is 44.0 Å². The summed E-state index contributed by atoms with van der Waals surface area (Å²) in [4.78, 5) is 6.92. The zero-order chi connectivity index (χ0) is 12.4. The average molecular weight is 233 g/mol. The molecular formula is C14H23N3. The molecule has 2 rings (SSSR count). The monoisotopic (exact) mass is 233 g/mol. The third kappa shape index (κ3) is 3.05. The summed E-state index contributed by atoms with van der Waals surface area (Å²) in [7, 11) is 0. The molecule has 0 spiro atoms. The van der Waals surface area contributed by atoms with Crippen LogP contribution in [0.25, 0.3) is 0 Å². The molecule has 2 aliphatic heterocycles.